The smallest absolute Gasteiger partial charge is 0.325 e. The van der Waals surface area contributed by atoms with Crippen LogP contribution in [0.4, 0.5) is 0 Å². The average Bonchev–Trinajstić information content (AvgIpc) is 3.19. The van der Waals surface area contributed by atoms with Crippen molar-refractivity contribution < 1.29 is 9.53 Å². The van der Waals surface area contributed by atoms with Gasteiger partial charge in [0.1, 0.15) is 6.54 Å². The van der Waals surface area contributed by atoms with Crippen LogP contribution in [0, 0.1) is 6.92 Å². The molecule has 0 spiro atoms. The van der Waals surface area contributed by atoms with Gasteiger partial charge < -0.3 is 9.30 Å². The molecule has 0 unspecified atom stereocenters. The van der Waals surface area contributed by atoms with Gasteiger partial charge in [0.05, 0.1) is 7.11 Å². The first kappa shape index (κ1) is 17.6. The Labute approximate surface area is 155 Å². The normalized spacial score (nSPS) is 24.1. The molecule has 0 aliphatic carbocycles. The van der Waals surface area contributed by atoms with Crippen molar-refractivity contribution in [3.05, 3.63) is 35.5 Å². The number of hydrogen-bond acceptors (Lipinski definition) is 4. The molecule has 0 saturated carbocycles. The SMILES string of the molecule is COC(=O)Cn1c(C)c(CN2C[C@H]3CCCN3C[C@@H]2C)c2ccccc21. The number of carbonyl (C=O) groups excluding carboxylic acids is 1. The topological polar surface area (TPSA) is 37.7 Å². The Balaban J connectivity index is 1.66. The Morgan fingerprint density at radius 1 is 1.27 bits per heavy atom. The molecule has 3 heterocycles. The van der Waals surface area contributed by atoms with Gasteiger partial charge in [-0.2, -0.15) is 0 Å². The highest BCUT2D eigenvalue weighted by molar-refractivity contribution is 5.87. The molecular weight excluding hydrogens is 326 g/mol. The number of rotatable bonds is 4. The monoisotopic (exact) mass is 355 g/mol. The molecule has 2 atom stereocenters. The minimum absolute atomic E-state index is 0.201. The molecule has 2 fully saturated rings. The third-order valence-electron chi connectivity index (χ3n) is 6.30. The third kappa shape index (κ3) is 3.03. The van der Waals surface area contributed by atoms with Gasteiger partial charge in [0.2, 0.25) is 0 Å². The summed E-state index contributed by atoms with van der Waals surface area (Å²) in [4.78, 5) is 17.2. The first-order valence-corrected chi connectivity index (χ1v) is 9.70. The summed E-state index contributed by atoms with van der Waals surface area (Å²) in [6.45, 7) is 9.29. The fraction of sp³-hybridized carbons (Fsp3) is 0.571. The van der Waals surface area contributed by atoms with Gasteiger partial charge in [0.25, 0.3) is 0 Å². The van der Waals surface area contributed by atoms with E-state index < -0.39 is 0 Å². The van der Waals surface area contributed by atoms with Crippen molar-refractivity contribution in [2.75, 3.05) is 26.7 Å². The number of ether oxygens (including phenoxy) is 1. The lowest BCUT2D eigenvalue weighted by atomic mass is 10.0. The predicted molar refractivity (Wildman–Crippen MR) is 103 cm³/mol. The van der Waals surface area contributed by atoms with Gasteiger partial charge in [0.15, 0.2) is 0 Å². The Bertz CT molecular complexity index is 813. The van der Waals surface area contributed by atoms with Gasteiger partial charge in [-0.15, -0.1) is 0 Å². The van der Waals surface area contributed by atoms with E-state index in [0.29, 0.717) is 6.04 Å². The molecule has 2 aromatic rings. The number of fused-ring (bicyclic) bond motifs is 2. The number of benzene rings is 1. The summed E-state index contributed by atoms with van der Waals surface area (Å²) in [7, 11) is 1.45. The zero-order valence-corrected chi connectivity index (χ0v) is 16.1. The van der Waals surface area contributed by atoms with Gasteiger partial charge in [0, 0.05) is 48.3 Å². The fourth-order valence-electron chi connectivity index (χ4n) is 4.77. The molecule has 4 rings (SSSR count). The second-order valence-electron chi connectivity index (χ2n) is 7.81. The standard InChI is InChI=1S/C21H29N3O2/c1-15-11-22-10-6-7-17(22)12-23(15)13-19-16(2)24(14-21(25)26-3)20-9-5-4-8-18(19)20/h4-5,8-9,15,17H,6-7,10-14H2,1-3H3/t15-,17+/m0/s1. The van der Waals surface area contributed by atoms with Crippen LogP contribution in [0.25, 0.3) is 10.9 Å². The minimum atomic E-state index is -0.201. The summed E-state index contributed by atoms with van der Waals surface area (Å²) in [6.07, 6.45) is 2.66. The van der Waals surface area contributed by atoms with E-state index in [1.54, 1.807) is 0 Å². The van der Waals surface area contributed by atoms with Crippen molar-refractivity contribution in [2.45, 2.75) is 51.9 Å². The van der Waals surface area contributed by atoms with Crippen LogP contribution in [0.3, 0.4) is 0 Å². The van der Waals surface area contributed by atoms with Crippen LogP contribution in [0.1, 0.15) is 31.0 Å². The molecular formula is C21H29N3O2. The lowest BCUT2D eigenvalue weighted by molar-refractivity contribution is -0.141. The van der Waals surface area contributed by atoms with Gasteiger partial charge in [-0.05, 0) is 44.9 Å². The van der Waals surface area contributed by atoms with Gasteiger partial charge in [-0.25, -0.2) is 0 Å². The lowest BCUT2D eigenvalue weighted by Crippen LogP contribution is -2.54. The maximum atomic E-state index is 11.9. The number of piperazine rings is 1. The van der Waals surface area contributed by atoms with E-state index in [1.807, 2.05) is 6.07 Å². The van der Waals surface area contributed by atoms with Crippen molar-refractivity contribution in [1.29, 1.82) is 0 Å². The summed E-state index contributed by atoms with van der Waals surface area (Å²) in [5.74, 6) is -0.201. The molecule has 140 valence electrons. The molecule has 1 aromatic heterocycles. The van der Waals surface area contributed by atoms with Crippen molar-refractivity contribution >= 4 is 16.9 Å². The largest absolute Gasteiger partial charge is 0.468 e. The number of hydrogen-bond donors (Lipinski definition) is 0. The molecule has 2 aliphatic heterocycles. The molecule has 1 aromatic carbocycles. The van der Waals surface area contributed by atoms with E-state index in [2.05, 4.69) is 46.4 Å². The molecule has 5 nitrogen and oxygen atoms in total. The number of para-hydroxylation sites is 1. The van der Waals surface area contributed by atoms with E-state index in [-0.39, 0.29) is 12.5 Å². The molecule has 2 saturated heterocycles. The highest BCUT2D eigenvalue weighted by atomic mass is 16.5. The van der Waals surface area contributed by atoms with E-state index in [9.17, 15) is 4.79 Å². The van der Waals surface area contributed by atoms with E-state index in [4.69, 9.17) is 4.74 Å². The van der Waals surface area contributed by atoms with Crippen LogP contribution in [-0.4, -0.2) is 59.2 Å². The van der Waals surface area contributed by atoms with Crippen molar-refractivity contribution in [2.24, 2.45) is 0 Å². The Morgan fingerprint density at radius 2 is 2.08 bits per heavy atom. The predicted octanol–water partition coefficient (Wildman–Crippen LogP) is 2.79. The zero-order chi connectivity index (χ0) is 18.3. The van der Waals surface area contributed by atoms with Gasteiger partial charge >= 0.3 is 5.97 Å². The minimum Gasteiger partial charge on any atom is -0.468 e. The molecule has 0 N–H and O–H groups in total. The van der Waals surface area contributed by atoms with E-state index >= 15 is 0 Å². The summed E-state index contributed by atoms with van der Waals surface area (Å²) < 4.78 is 7.01. The lowest BCUT2D eigenvalue weighted by Gasteiger charge is -2.42. The summed E-state index contributed by atoms with van der Waals surface area (Å²) in [5.41, 5.74) is 3.65. The Morgan fingerprint density at radius 3 is 2.88 bits per heavy atom. The number of nitrogens with zero attached hydrogens (tertiary/aromatic N) is 3. The first-order valence-electron chi connectivity index (χ1n) is 9.70. The van der Waals surface area contributed by atoms with Crippen LogP contribution in [-0.2, 0) is 22.6 Å². The molecule has 2 aliphatic rings. The van der Waals surface area contributed by atoms with E-state index in [0.717, 1.165) is 24.6 Å². The molecule has 26 heavy (non-hydrogen) atoms. The van der Waals surface area contributed by atoms with Crippen LogP contribution in [0.15, 0.2) is 24.3 Å². The van der Waals surface area contributed by atoms with Crippen molar-refractivity contribution in [3.8, 4) is 0 Å². The van der Waals surface area contributed by atoms with E-state index in [1.165, 1.54) is 49.7 Å². The quantitative estimate of drug-likeness (QED) is 0.791. The second kappa shape index (κ2) is 7.05. The van der Waals surface area contributed by atoms with Crippen LogP contribution >= 0.6 is 0 Å². The number of carbonyl (C=O) groups is 1. The summed E-state index contributed by atoms with van der Waals surface area (Å²) in [6, 6.07) is 9.70. The number of esters is 1. The van der Waals surface area contributed by atoms with Crippen molar-refractivity contribution in [1.82, 2.24) is 14.4 Å². The second-order valence-corrected chi connectivity index (χ2v) is 7.81. The van der Waals surface area contributed by atoms with Gasteiger partial charge in [-0.1, -0.05) is 18.2 Å². The summed E-state index contributed by atoms with van der Waals surface area (Å²) >= 11 is 0. The number of methoxy groups -OCH3 is 1. The molecule has 0 amide bonds. The molecule has 0 radical (unpaired) electrons. The van der Waals surface area contributed by atoms with Crippen LogP contribution in [0.5, 0.6) is 0 Å². The maximum absolute atomic E-state index is 11.9. The first-order chi connectivity index (χ1) is 12.6. The molecule has 0 bridgehead atoms. The molecule has 5 heteroatoms. The van der Waals surface area contributed by atoms with Crippen LogP contribution < -0.4 is 0 Å². The van der Waals surface area contributed by atoms with Gasteiger partial charge in [-0.3, -0.25) is 14.6 Å². The van der Waals surface area contributed by atoms with Crippen molar-refractivity contribution in [3.63, 3.8) is 0 Å². The van der Waals surface area contributed by atoms with Crippen LogP contribution in [0.2, 0.25) is 0 Å². The highest BCUT2D eigenvalue weighted by Gasteiger charge is 2.34. The third-order valence-corrected chi connectivity index (χ3v) is 6.30. The Kier molecular flexibility index (Phi) is 4.76. The Hall–Kier alpha value is -1.85. The zero-order valence-electron chi connectivity index (χ0n) is 16.1. The number of aromatic nitrogens is 1. The summed E-state index contributed by atoms with van der Waals surface area (Å²) in [5, 5.41) is 1.26. The fourth-order valence-corrected chi connectivity index (χ4v) is 4.77. The highest BCUT2D eigenvalue weighted by Crippen LogP contribution is 2.30. The average molecular weight is 355 g/mol. The maximum Gasteiger partial charge on any atom is 0.325 e.